The van der Waals surface area contributed by atoms with Gasteiger partial charge in [-0.2, -0.15) is 0 Å². The second kappa shape index (κ2) is 7.88. The van der Waals surface area contributed by atoms with Crippen LogP contribution in [-0.4, -0.2) is 12.1 Å². The smallest absolute Gasteiger partial charge is 0.303 e. The standard InChI is InChI=1S/C17H18O2/c1-4-9-16(5-2)17(19-14(3)18)13-12-15-10-7-6-8-11-15/h4-13,17H,1-2H2,3H3/b13-12+,16-9+. The molecule has 0 aliphatic rings. The van der Waals surface area contributed by atoms with Crippen LogP contribution in [0.1, 0.15) is 12.5 Å². The van der Waals surface area contributed by atoms with E-state index in [2.05, 4.69) is 13.2 Å². The van der Waals surface area contributed by atoms with Gasteiger partial charge in [-0.25, -0.2) is 0 Å². The van der Waals surface area contributed by atoms with Gasteiger partial charge in [0, 0.05) is 6.92 Å². The zero-order valence-corrected chi connectivity index (χ0v) is 11.1. The van der Waals surface area contributed by atoms with Crippen LogP contribution in [0.2, 0.25) is 0 Å². The molecule has 0 saturated carbocycles. The Balaban J connectivity index is 2.94. The first-order chi connectivity index (χ1) is 9.17. The molecule has 0 N–H and O–H groups in total. The fourth-order valence-corrected chi connectivity index (χ4v) is 1.58. The minimum atomic E-state index is -0.451. The molecule has 98 valence electrons. The van der Waals surface area contributed by atoms with Crippen LogP contribution in [0.25, 0.3) is 6.08 Å². The summed E-state index contributed by atoms with van der Waals surface area (Å²) in [6.45, 7) is 8.75. The fraction of sp³-hybridized carbons (Fsp3) is 0.118. The number of benzene rings is 1. The summed E-state index contributed by atoms with van der Waals surface area (Å²) in [4.78, 5) is 11.1. The molecule has 0 amide bonds. The highest BCUT2D eigenvalue weighted by Gasteiger charge is 2.11. The van der Waals surface area contributed by atoms with Crippen LogP contribution in [0.5, 0.6) is 0 Å². The number of hydrogen-bond acceptors (Lipinski definition) is 2. The van der Waals surface area contributed by atoms with Gasteiger partial charge in [-0.15, -0.1) is 0 Å². The average Bonchev–Trinajstić information content (AvgIpc) is 2.42. The minimum Gasteiger partial charge on any atom is -0.453 e. The molecule has 0 heterocycles. The van der Waals surface area contributed by atoms with E-state index in [4.69, 9.17) is 4.74 Å². The molecule has 0 fully saturated rings. The molecule has 19 heavy (non-hydrogen) atoms. The lowest BCUT2D eigenvalue weighted by atomic mass is 10.1. The van der Waals surface area contributed by atoms with Gasteiger partial charge < -0.3 is 4.74 Å². The summed E-state index contributed by atoms with van der Waals surface area (Å²) in [5.41, 5.74) is 1.83. The van der Waals surface area contributed by atoms with Gasteiger partial charge in [-0.05, 0) is 17.2 Å². The van der Waals surface area contributed by atoms with E-state index in [1.165, 1.54) is 6.92 Å². The van der Waals surface area contributed by atoms with Gasteiger partial charge in [0.25, 0.3) is 0 Å². The van der Waals surface area contributed by atoms with Crippen molar-refractivity contribution in [3.8, 4) is 0 Å². The molecule has 0 aliphatic heterocycles. The van der Waals surface area contributed by atoms with Crippen LogP contribution in [0.3, 0.4) is 0 Å². The van der Waals surface area contributed by atoms with E-state index in [1.54, 1.807) is 18.2 Å². The minimum absolute atomic E-state index is 0.334. The summed E-state index contributed by atoms with van der Waals surface area (Å²) in [6.07, 6.45) is 8.36. The molecule has 0 radical (unpaired) electrons. The maximum atomic E-state index is 11.1. The van der Waals surface area contributed by atoms with Crippen LogP contribution in [0.15, 0.2) is 73.4 Å². The summed E-state index contributed by atoms with van der Waals surface area (Å²) < 4.78 is 5.26. The average molecular weight is 254 g/mol. The van der Waals surface area contributed by atoms with E-state index < -0.39 is 6.10 Å². The van der Waals surface area contributed by atoms with Crippen molar-refractivity contribution in [3.63, 3.8) is 0 Å². The number of carbonyl (C=O) groups excluding carboxylic acids is 1. The zero-order chi connectivity index (χ0) is 14.1. The van der Waals surface area contributed by atoms with Gasteiger partial charge in [0.15, 0.2) is 0 Å². The summed E-state index contributed by atoms with van der Waals surface area (Å²) in [5.74, 6) is -0.334. The summed E-state index contributed by atoms with van der Waals surface area (Å²) in [7, 11) is 0. The molecule has 0 aliphatic carbocycles. The Hall–Kier alpha value is -2.35. The molecule has 0 spiro atoms. The van der Waals surface area contributed by atoms with E-state index >= 15 is 0 Å². The van der Waals surface area contributed by atoms with E-state index in [1.807, 2.05) is 42.5 Å². The second-order valence-electron chi connectivity index (χ2n) is 3.91. The highest BCUT2D eigenvalue weighted by atomic mass is 16.5. The summed E-state index contributed by atoms with van der Waals surface area (Å²) >= 11 is 0. The van der Waals surface area contributed by atoms with E-state index in [0.29, 0.717) is 0 Å². The Kier molecular flexibility index (Phi) is 6.10. The number of allylic oxidation sites excluding steroid dienone is 2. The van der Waals surface area contributed by atoms with E-state index in [9.17, 15) is 4.79 Å². The molecule has 1 aromatic rings. The Labute approximate surface area is 114 Å². The lowest BCUT2D eigenvalue weighted by molar-refractivity contribution is -0.142. The van der Waals surface area contributed by atoms with Crippen molar-refractivity contribution in [2.75, 3.05) is 0 Å². The van der Waals surface area contributed by atoms with Gasteiger partial charge in [0.2, 0.25) is 0 Å². The van der Waals surface area contributed by atoms with Crippen LogP contribution < -0.4 is 0 Å². The second-order valence-corrected chi connectivity index (χ2v) is 3.91. The summed E-state index contributed by atoms with van der Waals surface area (Å²) in [6, 6.07) is 9.81. The first-order valence-electron chi connectivity index (χ1n) is 6.03. The maximum absolute atomic E-state index is 11.1. The maximum Gasteiger partial charge on any atom is 0.303 e. The lowest BCUT2D eigenvalue weighted by Crippen LogP contribution is -2.15. The normalized spacial score (nSPS) is 13.0. The van der Waals surface area contributed by atoms with Gasteiger partial charge in [-0.1, -0.05) is 67.8 Å². The first kappa shape index (κ1) is 14.7. The number of rotatable bonds is 6. The fourth-order valence-electron chi connectivity index (χ4n) is 1.58. The predicted molar refractivity (Wildman–Crippen MR) is 79.5 cm³/mol. The van der Waals surface area contributed by atoms with Crippen LogP contribution >= 0.6 is 0 Å². The number of esters is 1. The van der Waals surface area contributed by atoms with Gasteiger partial charge in [-0.3, -0.25) is 4.79 Å². The molecule has 1 aromatic carbocycles. The van der Waals surface area contributed by atoms with E-state index in [-0.39, 0.29) is 5.97 Å². The molecule has 1 atom stereocenters. The van der Waals surface area contributed by atoms with Gasteiger partial charge in [0.05, 0.1) is 0 Å². The topological polar surface area (TPSA) is 26.3 Å². The monoisotopic (exact) mass is 254 g/mol. The molecule has 1 rings (SSSR count). The number of ether oxygens (including phenoxy) is 1. The third-order valence-corrected chi connectivity index (χ3v) is 2.43. The summed E-state index contributed by atoms with van der Waals surface area (Å²) in [5, 5.41) is 0. The Morgan fingerprint density at radius 2 is 1.95 bits per heavy atom. The SMILES string of the molecule is C=C/C=C(\C=C)C(/C=C/c1ccccc1)OC(C)=O. The molecule has 2 heteroatoms. The number of carbonyl (C=O) groups is 1. The predicted octanol–water partition coefficient (Wildman–Crippen LogP) is 3.93. The van der Waals surface area contributed by atoms with Crippen molar-refractivity contribution in [2.45, 2.75) is 13.0 Å². The van der Waals surface area contributed by atoms with Gasteiger partial charge >= 0.3 is 5.97 Å². The Morgan fingerprint density at radius 1 is 1.26 bits per heavy atom. The molecule has 0 bridgehead atoms. The van der Waals surface area contributed by atoms with Crippen LogP contribution in [0, 0.1) is 0 Å². The van der Waals surface area contributed by atoms with Crippen molar-refractivity contribution in [2.24, 2.45) is 0 Å². The highest BCUT2D eigenvalue weighted by Crippen LogP contribution is 2.13. The van der Waals surface area contributed by atoms with Crippen molar-refractivity contribution < 1.29 is 9.53 Å². The van der Waals surface area contributed by atoms with Crippen molar-refractivity contribution >= 4 is 12.0 Å². The lowest BCUT2D eigenvalue weighted by Gasteiger charge is -2.14. The largest absolute Gasteiger partial charge is 0.453 e. The molecular weight excluding hydrogens is 236 g/mol. The highest BCUT2D eigenvalue weighted by molar-refractivity contribution is 5.67. The molecule has 0 saturated heterocycles. The van der Waals surface area contributed by atoms with Crippen LogP contribution in [0.4, 0.5) is 0 Å². The van der Waals surface area contributed by atoms with Crippen molar-refractivity contribution in [3.05, 3.63) is 78.9 Å². The van der Waals surface area contributed by atoms with Gasteiger partial charge in [0.1, 0.15) is 6.10 Å². The third-order valence-electron chi connectivity index (χ3n) is 2.43. The molecule has 2 nitrogen and oxygen atoms in total. The Morgan fingerprint density at radius 3 is 2.47 bits per heavy atom. The van der Waals surface area contributed by atoms with Crippen molar-refractivity contribution in [1.82, 2.24) is 0 Å². The first-order valence-corrected chi connectivity index (χ1v) is 6.03. The molecular formula is C17H18O2. The number of hydrogen-bond donors (Lipinski definition) is 0. The molecule has 0 aromatic heterocycles. The third kappa shape index (κ3) is 5.21. The molecule has 1 unspecified atom stereocenters. The van der Waals surface area contributed by atoms with Crippen LogP contribution in [-0.2, 0) is 9.53 Å². The van der Waals surface area contributed by atoms with E-state index in [0.717, 1.165) is 11.1 Å². The zero-order valence-electron chi connectivity index (χ0n) is 11.1. The quantitative estimate of drug-likeness (QED) is 0.568. The van der Waals surface area contributed by atoms with Crippen molar-refractivity contribution in [1.29, 1.82) is 0 Å². The Bertz CT molecular complexity index is 495.